The molecule has 3 aromatic rings. The molecule has 0 bridgehead atoms. The summed E-state index contributed by atoms with van der Waals surface area (Å²) in [5.74, 6) is -0.725. The van der Waals surface area contributed by atoms with E-state index in [0.717, 1.165) is 19.3 Å². The van der Waals surface area contributed by atoms with Gasteiger partial charge < -0.3 is 24.8 Å². The summed E-state index contributed by atoms with van der Waals surface area (Å²) >= 11 is 3.45. The Bertz CT molecular complexity index is 1380. The zero-order valence-electron chi connectivity index (χ0n) is 23.9. The maximum atomic E-state index is 12.4. The van der Waals surface area contributed by atoms with Gasteiger partial charge >= 0.3 is 11.8 Å². The van der Waals surface area contributed by atoms with Crippen LogP contribution in [0.1, 0.15) is 44.7 Å². The van der Waals surface area contributed by atoms with Crippen LogP contribution < -0.4 is 30.3 Å². The highest BCUT2D eigenvalue weighted by Gasteiger charge is 2.15. The van der Waals surface area contributed by atoms with Crippen molar-refractivity contribution in [3.63, 3.8) is 0 Å². The highest BCUT2D eigenvalue weighted by atomic mass is 79.9. The Morgan fingerprint density at radius 2 is 1.55 bits per heavy atom. The van der Waals surface area contributed by atoms with Crippen molar-refractivity contribution >= 4 is 51.2 Å². The van der Waals surface area contributed by atoms with E-state index < -0.39 is 11.8 Å². The minimum Gasteiger partial charge on any atom is -0.494 e. The first-order chi connectivity index (χ1) is 20.3. The molecule has 0 radical (unpaired) electrons. The number of hydrogen-bond acceptors (Lipinski definition) is 7. The normalized spacial score (nSPS) is 10.7. The summed E-state index contributed by atoms with van der Waals surface area (Å²) < 4.78 is 17.6. The molecule has 0 unspecified atom stereocenters. The van der Waals surface area contributed by atoms with E-state index in [1.807, 2.05) is 31.2 Å². The Morgan fingerprint density at radius 1 is 0.857 bits per heavy atom. The smallest absolute Gasteiger partial charge is 0.329 e. The number of nitrogens with zero attached hydrogens (tertiary/aromatic N) is 1. The lowest BCUT2D eigenvalue weighted by Gasteiger charge is -2.14. The van der Waals surface area contributed by atoms with Crippen molar-refractivity contribution in [1.82, 2.24) is 5.43 Å². The Balaban J connectivity index is 1.55. The molecular weight excluding hydrogens is 604 g/mol. The van der Waals surface area contributed by atoms with Crippen molar-refractivity contribution in [2.75, 3.05) is 30.5 Å². The monoisotopic (exact) mass is 638 g/mol. The number of hydrazone groups is 1. The van der Waals surface area contributed by atoms with E-state index in [0.29, 0.717) is 51.9 Å². The number of aryl methyl sites for hydroxylation is 1. The fourth-order valence-electron chi connectivity index (χ4n) is 3.60. The van der Waals surface area contributed by atoms with Crippen molar-refractivity contribution in [2.24, 2.45) is 5.10 Å². The Morgan fingerprint density at radius 3 is 2.21 bits per heavy atom. The number of benzene rings is 3. The van der Waals surface area contributed by atoms with Crippen LogP contribution in [0.3, 0.4) is 0 Å². The van der Waals surface area contributed by atoms with Crippen molar-refractivity contribution < 1.29 is 28.6 Å². The molecule has 0 aliphatic carbocycles. The van der Waals surface area contributed by atoms with Gasteiger partial charge in [0.2, 0.25) is 0 Å². The minimum atomic E-state index is -0.936. The summed E-state index contributed by atoms with van der Waals surface area (Å²) in [4.78, 5) is 36.9. The van der Waals surface area contributed by atoms with Gasteiger partial charge in [0.05, 0.1) is 23.9 Å². The quantitative estimate of drug-likeness (QED) is 0.0900. The largest absolute Gasteiger partial charge is 0.494 e. The molecule has 42 heavy (non-hydrogen) atoms. The summed E-state index contributed by atoms with van der Waals surface area (Å²) in [6.07, 6.45) is 4.26. The van der Waals surface area contributed by atoms with Crippen LogP contribution >= 0.6 is 15.9 Å². The number of anilines is 2. The lowest BCUT2D eigenvalue weighted by Crippen LogP contribution is -2.32. The molecule has 0 fully saturated rings. The molecule has 3 aromatic carbocycles. The van der Waals surface area contributed by atoms with E-state index in [-0.39, 0.29) is 12.5 Å². The predicted molar refractivity (Wildman–Crippen MR) is 166 cm³/mol. The number of halogens is 1. The van der Waals surface area contributed by atoms with Gasteiger partial charge in [-0.1, -0.05) is 32.4 Å². The maximum Gasteiger partial charge on any atom is 0.329 e. The first-order valence-corrected chi connectivity index (χ1v) is 14.5. The van der Waals surface area contributed by atoms with Gasteiger partial charge in [0.15, 0.2) is 18.1 Å². The molecule has 0 spiro atoms. The molecule has 0 heterocycles. The third-order valence-corrected chi connectivity index (χ3v) is 6.38. The van der Waals surface area contributed by atoms with Crippen LogP contribution in [0, 0.1) is 0 Å². The average molecular weight is 640 g/mol. The van der Waals surface area contributed by atoms with E-state index in [9.17, 15) is 14.4 Å². The second kappa shape index (κ2) is 16.8. The number of carbonyl (C=O) groups excluding carboxylic acids is 3. The minimum absolute atomic E-state index is 0.235. The summed E-state index contributed by atoms with van der Waals surface area (Å²) in [5.41, 5.74) is 5.06. The summed E-state index contributed by atoms with van der Waals surface area (Å²) in [7, 11) is 0. The Kier molecular flexibility index (Phi) is 12.8. The van der Waals surface area contributed by atoms with E-state index in [2.05, 4.69) is 50.9 Å². The van der Waals surface area contributed by atoms with Gasteiger partial charge in [-0.05, 0) is 95.4 Å². The van der Waals surface area contributed by atoms with Gasteiger partial charge in [0.1, 0.15) is 5.75 Å². The summed E-state index contributed by atoms with van der Waals surface area (Å²) in [6.45, 7) is 6.69. The van der Waals surface area contributed by atoms with Gasteiger partial charge in [-0.25, -0.2) is 5.43 Å². The highest BCUT2D eigenvalue weighted by Crippen LogP contribution is 2.36. The first-order valence-electron chi connectivity index (χ1n) is 13.7. The zero-order valence-corrected chi connectivity index (χ0v) is 25.5. The van der Waals surface area contributed by atoms with Gasteiger partial charge in [-0.3, -0.25) is 14.4 Å². The third-order valence-electron chi connectivity index (χ3n) is 5.79. The van der Waals surface area contributed by atoms with Crippen molar-refractivity contribution in [1.29, 1.82) is 0 Å². The molecule has 0 saturated heterocycles. The molecular formula is C31H35BrN4O6. The summed E-state index contributed by atoms with van der Waals surface area (Å²) in [6, 6.07) is 17.7. The predicted octanol–water partition coefficient (Wildman–Crippen LogP) is 5.70. The van der Waals surface area contributed by atoms with Crippen LogP contribution in [0.15, 0.2) is 70.2 Å². The fraction of sp³-hybridized carbons (Fsp3) is 0.290. The van der Waals surface area contributed by atoms with Gasteiger partial charge in [-0.15, -0.1) is 0 Å². The maximum absolute atomic E-state index is 12.4. The Hall–Kier alpha value is -4.38. The van der Waals surface area contributed by atoms with Crippen LogP contribution in [-0.2, 0) is 20.8 Å². The second-order valence-electron chi connectivity index (χ2n) is 9.03. The number of hydrogen-bond donors (Lipinski definition) is 3. The molecule has 3 N–H and O–H groups in total. The molecule has 10 nitrogen and oxygen atoms in total. The summed E-state index contributed by atoms with van der Waals surface area (Å²) in [5, 5.41) is 9.19. The van der Waals surface area contributed by atoms with E-state index >= 15 is 0 Å². The molecule has 3 amide bonds. The molecule has 0 aromatic heterocycles. The van der Waals surface area contributed by atoms with Crippen molar-refractivity contribution in [2.45, 2.75) is 40.0 Å². The van der Waals surface area contributed by atoms with E-state index in [1.54, 1.807) is 36.4 Å². The lowest BCUT2D eigenvalue weighted by molar-refractivity contribution is -0.136. The van der Waals surface area contributed by atoms with Crippen molar-refractivity contribution in [3.8, 4) is 17.2 Å². The highest BCUT2D eigenvalue weighted by molar-refractivity contribution is 9.10. The standard InChI is InChI=1S/C31H35BrN4O6/c1-4-7-16-41-25-14-12-24(13-15-25)35-30(38)31(39)36-33-19-22-17-26(32)29(27(18-22)40-6-3)42-20-28(37)34-23-10-8-21(5-2)9-11-23/h8-15,17-19H,4-7,16,20H2,1-3H3,(H,34,37)(H,35,38)(H,36,39)/b33-19-. The molecule has 222 valence electrons. The van der Waals surface area contributed by atoms with Crippen LogP contribution in [-0.4, -0.2) is 43.8 Å². The number of amides is 3. The third kappa shape index (κ3) is 10.2. The SMILES string of the molecule is CCCCOc1ccc(NC(=O)C(=O)N/N=C\c2cc(Br)c(OCC(=O)Nc3ccc(CC)cc3)c(OCC)c2)cc1. The molecule has 0 aliphatic heterocycles. The molecule has 0 aliphatic rings. The number of rotatable bonds is 14. The number of carbonyl (C=O) groups is 3. The van der Waals surface area contributed by atoms with Crippen LogP contribution in [0.2, 0.25) is 0 Å². The van der Waals surface area contributed by atoms with E-state index in [1.165, 1.54) is 11.8 Å². The number of unbranched alkanes of at least 4 members (excludes halogenated alkanes) is 1. The molecule has 0 atom stereocenters. The molecule has 0 saturated carbocycles. The van der Waals surface area contributed by atoms with Crippen LogP contribution in [0.5, 0.6) is 17.2 Å². The zero-order chi connectivity index (χ0) is 30.3. The van der Waals surface area contributed by atoms with Gasteiger partial charge in [-0.2, -0.15) is 5.10 Å². The van der Waals surface area contributed by atoms with Crippen molar-refractivity contribution in [3.05, 3.63) is 76.3 Å². The van der Waals surface area contributed by atoms with Gasteiger partial charge in [0.25, 0.3) is 5.91 Å². The van der Waals surface area contributed by atoms with Crippen LogP contribution in [0.4, 0.5) is 11.4 Å². The topological polar surface area (TPSA) is 127 Å². The Labute approximate surface area is 253 Å². The lowest BCUT2D eigenvalue weighted by atomic mass is 10.1. The molecule has 3 rings (SSSR count). The molecule has 11 heteroatoms. The van der Waals surface area contributed by atoms with E-state index in [4.69, 9.17) is 14.2 Å². The number of ether oxygens (including phenoxy) is 3. The van der Waals surface area contributed by atoms with Crippen LogP contribution in [0.25, 0.3) is 0 Å². The fourth-order valence-corrected chi connectivity index (χ4v) is 4.17. The average Bonchev–Trinajstić information content (AvgIpc) is 2.98. The number of nitrogens with one attached hydrogen (secondary N) is 3. The van der Waals surface area contributed by atoms with Gasteiger partial charge in [0, 0.05) is 11.4 Å². The second-order valence-corrected chi connectivity index (χ2v) is 9.88. The first kappa shape index (κ1) is 32.1.